The first kappa shape index (κ1) is 16.7. The molecule has 1 aliphatic carbocycles. The summed E-state index contributed by atoms with van der Waals surface area (Å²) in [6.45, 7) is 8.28. The minimum atomic E-state index is -1.27. The van der Waals surface area contributed by atoms with Crippen LogP contribution in [0.5, 0.6) is 0 Å². The molecule has 0 N–H and O–H groups in total. The van der Waals surface area contributed by atoms with E-state index in [1.165, 1.54) is 0 Å². The van der Waals surface area contributed by atoms with E-state index in [1.807, 2.05) is 19.9 Å². The summed E-state index contributed by atoms with van der Waals surface area (Å²) in [5, 5.41) is 0. The standard InChI is InChI=1S/C15H24O5/c1-5-18-12-10-15(9-8-11(12)4,13(16)19-6-2)14(17)20-7-3/h8,12H,5-7,9-10H2,1-4H3. The summed E-state index contributed by atoms with van der Waals surface area (Å²) >= 11 is 0. The highest BCUT2D eigenvalue weighted by Gasteiger charge is 2.51. The zero-order valence-corrected chi connectivity index (χ0v) is 12.7. The van der Waals surface area contributed by atoms with Crippen molar-refractivity contribution in [2.24, 2.45) is 5.41 Å². The van der Waals surface area contributed by atoms with Gasteiger partial charge in [0.1, 0.15) is 0 Å². The highest BCUT2D eigenvalue weighted by molar-refractivity contribution is 6.00. The molecule has 5 nitrogen and oxygen atoms in total. The van der Waals surface area contributed by atoms with Gasteiger partial charge in [-0.1, -0.05) is 6.08 Å². The minimum Gasteiger partial charge on any atom is -0.465 e. The van der Waals surface area contributed by atoms with Crippen LogP contribution in [0.4, 0.5) is 0 Å². The number of ether oxygens (including phenoxy) is 3. The smallest absolute Gasteiger partial charge is 0.323 e. The molecule has 114 valence electrons. The summed E-state index contributed by atoms with van der Waals surface area (Å²) in [7, 11) is 0. The van der Waals surface area contributed by atoms with Crippen LogP contribution >= 0.6 is 0 Å². The van der Waals surface area contributed by atoms with Crippen molar-refractivity contribution in [3.05, 3.63) is 11.6 Å². The van der Waals surface area contributed by atoms with Gasteiger partial charge in [-0.2, -0.15) is 0 Å². The van der Waals surface area contributed by atoms with Crippen molar-refractivity contribution >= 4 is 11.9 Å². The van der Waals surface area contributed by atoms with Gasteiger partial charge in [-0.25, -0.2) is 0 Å². The van der Waals surface area contributed by atoms with Crippen LogP contribution in [-0.4, -0.2) is 37.9 Å². The second-order valence-electron chi connectivity index (χ2n) is 4.82. The third-order valence-corrected chi connectivity index (χ3v) is 3.51. The predicted molar refractivity (Wildman–Crippen MR) is 74.1 cm³/mol. The van der Waals surface area contributed by atoms with Crippen molar-refractivity contribution in [3.63, 3.8) is 0 Å². The summed E-state index contributed by atoms with van der Waals surface area (Å²) in [5.74, 6) is -1.04. The van der Waals surface area contributed by atoms with Crippen molar-refractivity contribution in [2.45, 2.75) is 46.6 Å². The second-order valence-corrected chi connectivity index (χ2v) is 4.82. The van der Waals surface area contributed by atoms with Crippen molar-refractivity contribution in [1.82, 2.24) is 0 Å². The highest BCUT2D eigenvalue weighted by atomic mass is 16.6. The summed E-state index contributed by atoms with van der Waals surface area (Å²) in [6, 6.07) is 0. The fraction of sp³-hybridized carbons (Fsp3) is 0.733. The van der Waals surface area contributed by atoms with E-state index in [2.05, 4.69) is 0 Å². The molecule has 0 saturated carbocycles. The van der Waals surface area contributed by atoms with Gasteiger partial charge in [0.2, 0.25) is 0 Å². The van der Waals surface area contributed by atoms with Gasteiger partial charge in [-0.3, -0.25) is 9.59 Å². The van der Waals surface area contributed by atoms with Gasteiger partial charge in [-0.15, -0.1) is 0 Å². The van der Waals surface area contributed by atoms with Crippen LogP contribution in [0, 0.1) is 5.41 Å². The summed E-state index contributed by atoms with van der Waals surface area (Å²) in [6.07, 6.45) is 2.21. The van der Waals surface area contributed by atoms with Crippen LogP contribution < -0.4 is 0 Å². The molecule has 0 aromatic heterocycles. The van der Waals surface area contributed by atoms with Gasteiger partial charge in [0, 0.05) is 13.0 Å². The van der Waals surface area contributed by atoms with Crippen LogP contribution in [0.1, 0.15) is 40.5 Å². The Morgan fingerprint density at radius 3 is 2.15 bits per heavy atom. The molecule has 1 rings (SSSR count). The van der Waals surface area contributed by atoms with Crippen molar-refractivity contribution in [3.8, 4) is 0 Å². The number of carbonyl (C=O) groups is 2. The lowest BCUT2D eigenvalue weighted by molar-refractivity contribution is -0.175. The number of allylic oxidation sites excluding steroid dienone is 1. The molecule has 0 aromatic rings. The van der Waals surface area contributed by atoms with Crippen LogP contribution in [0.3, 0.4) is 0 Å². The van der Waals surface area contributed by atoms with Gasteiger partial charge in [0.05, 0.1) is 19.3 Å². The molecular formula is C15H24O5. The Bertz CT molecular complexity index is 368. The fourth-order valence-corrected chi connectivity index (χ4v) is 2.37. The molecule has 0 bridgehead atoms. The third kappa shape index (κ3) is 3.39. The van der Waals surface area contributed by atoms with Crippen LogP contribution in [0.2, 0.25) is 0 Å². The average Bonchev–Trinajstić information content (AvgIpc) is 2.42. The zero-order chi connectivity index (χ0) is 15.2. The average molecular weight is 284 g/mol. The van der Waals surface area contributed by atoms with Crippen molar-refractivity contribution in [2.75, 3.05) is 19.8 Å². The minimum absolute atomic E-state index is 0.238. The number of rotatable bonds is 6. The highest BCUT2D eigenvalue weighted by Crippen LogP contribution is 2.39. The van der Waals surface area contributed by atoms with Gasteiger partial charge < -0.3 is 14.2 Å². The molecule has 1 aliphatic rings. The Labute approximate surface area is 120 Å². The first-order valence-corrected chi connectivity index (χ1v) is 7.14. The maximum atomic E-state index is 12.3. The topological polar surface area (TPSA) is 61.8 Å². The lowest BCUT2D eigenvalue weighted by Crippen LogP contribution is -2.46. The third-order valence-electron chi connectivity index (χ3n) is 3.51. The quantitative estimate of drug-likeness (QED) is 0.425. The Morgan fingerprint density at radius 1 is 1.15 bits per heavy atom. The Morgan fingerprint density at radius 2 is 1.70 bits per heavy atom. The summed E-state index contributed by atoms with van der Waals surface area (Å²) in [5.41, 5.74) is -0.234. The number of esters is 2. The molecule has 0 spiro atoms. The molecule has 0 aromatic carbocycles. The lowest BCUT2D eigenvalue weighted by Gasteiger charge is -2.35. The maximum absolute atomic E-state index is 12.3. The van der Waals surface area contributed by atoms with Crippen LogP contribution in [0.15, 0.2) is 11.6 Å². The zero-order valence-electron chi connectivity index (χ0n) is 12.7. The van der Waals surface area contributed by atoms with Crippen molar-refractivity contribution < 1.29 is 23.8 Å². The molecule has 0 fully saturated rings. The predicted octanol–water partition coefficient (Wildman–Crippen LogP) is 2.24. The first-order chi connectivity index (χ1) is 9.51. The largest absolute Gasteiger partial charge is 0.465 e. The van der Waals surface area contributed by atoms with Gasteiger partial charge >= 0.3 is 11.9 Å². The molecule has 1 unspecified atom stereocenters. The summed E-state index contributed by atoms with van der Waals surface area (Å²) in [4.78, 5) is 24.6. The van der Waals surface area contributed by atoms with E-state index in [4.69, 9.17) is 14.2 Å². The van der Waals surface area contributed by atoms with Gasteiger partial charge in [-0.05, 0) is 39.7 Å². The van der Waals surface area contributed by atoms with Crippen molar-refractivity contribution in [1.29, 1.82) is 0 Å². The molecule has 5 heteroatoms. The summed E-state index contributed by atoms with van der Waals surface area (Å²) < 4.78 is 15.8. The molecule has 20 heavy (non-hydrogen) atoms. The fourth-order valence-electron chi connectivity index (χ4n) is 2.37. The molecule has 0 heterocycles. The van der Waals surface area contributed by atoms with Gasteiger partial charge in [0.25, 0.3) is 0 Å². The molecular weight excluding hydrogens is 260 g/mol. The number of carbonyl (C=O) groups excluding carboxylic acids is 2. The number of hydrogen-bond acceptors (Lipinski definition) is 5. The number of hydrogen-bond donors (Lipinski definition) is 0. The molecule has 0 saturated heterocycles. The molecule has 0 amide bonds. The van der Waals surface area contributed by atoms with E-state index in [9.17, 15) is 9.59 Å². The van der Waals surface area contributed by atoms with E-state index in [0.29, 0.717) is 13.0 Å². The molecule has 1 atom stereocenters. The SMILES string of the molecule is CCOC(=O)C1(C(=O)OCC)CC=C(C)C(OCC)C1. The Hall–Kier alpha value is -1.36. The first-order valence-electron chi connectivity index (χ1n) is 7.14. The van der Waals surface area contributed by atoms with E-state index in [0.717, 1.165) is 5.57 Å². The molecule has 0 aliphatic heterocycles. The molecule has 0 radical (unpaired) electrons. The normalized spacial score (nSPS) is 21.0. The van der Waals surface area contributed by atoms with E-state index in [1.54, 1.807) is 13.8 Å². The lowest BCUT2D eigenvalue weighted by atomic mass is 9.73. The maximum Gasteiger partial charge on any atom is 0.323 e. The van der Waals surface area contributed by atoms with E-state index in [-0.39, 0.29) is 25.7 Å². The second kappa shape index (κ2) is 7.43. The van der Waals surface area contributed by atoms with Crippen LogP contribution in [-0.2, 0) is 23.8 Å². The monoisotopic (exact) mass is 284 g/mol. The van der Waals surface area contributed by atoms with E-state index < -0.39 is 17.4 Å². The Kier molecular flexibility index (Phi) is 6.20. The van der Waals surface area contributed by atoms with E-state index >= 15 is 0 Å². The van der Waals surface area contributed by atoms with Gasteiger partial charge in [0.15, 0.2) is 5.41 Å². The Balaban J connectivity index is 3.06. The van der Waals surface area contributed by atoms with Crippen LogP contribution in [0.25, 0.3) is 0 Å².